The normalized spacial score (nSPS) is 22.4. The Morgan fingerprint density at radius 1 is 1.08 bits per heavy atom. The molecule has 3 aromatic heterocycles. The first-order valence-electron chi connectivity index (χ1n) is 12.6. The van der Waals surface area contributed by atoms with E-state index in [1.807, 2.05) is 6.07 Å². The van der Waals surface area contributed by atoms with Gasteiger partial charge in [0.1, 0.15) is 11.6 Å². The number of fused-ring (bicyclic) bond motifs is 1. The Morgan fingerprint density at radius 2 is 1.81 bits per heavy atom. The van der Waals surface area contributed by atoms with Gasteiger partial charge in [0.25, 0.3) is 0 Å². The van der Waals surface area contributed by atoms with Gasteiger partial charge in [0.15, 0.2) is 0 Å². The van der Waals surface area contributed by atoms with Crippen molar-refractivity contribution >= 4 is 17.2 Å². The number of aliphatic hydroxyl groups is 1. The lowest BCUT2D eigenvalue weighted by atomic mass is 9.71. The maximum atomic E-state index is 15.0. The highest BCUT2D eigenvalue weighted by Crippen LogP contribution is 2.41. The molecule has 1 aromatic carbocycles. The van der Waals surface area contributed by atoms with Crippen LogP contribution in [0.5, 0.6) is 0 Å². The van der Waals surface area contributed by atoms with Gasteiger partial charge in [0.2, 0.25) is 5.95 Å². The zero-order chi connectivity index (χ0) is 26.5. The fourth-order valence-electron chi connectivity index (χ4n) is 5.24. The van der Waals surface area contributed by atoms with Crippen molar-refractivity contribution in [2.75, 3.05) is 5.32 Å². The summed E-state index contributed by atoms with van der Waals surface area (Å²) < 4.78 is 31.5. The van der Waals surface area contributed by atoms with E-state index in [1.54, 1.807) is 30.7 Å². The van der Waals surface area contributed by atoms with Gasteiger partial charge in [-0.15, -0.1) is 0 Å². The molecule has 9 heteroatoms. The molecule has 4 aromatic rings. The van der Waals surface area contributed by atoms with E-state index in [0.29, 0.717) is 23.3 Å². The van der Waals surface area contributed by atoms with Crippen molar-refractivity contribution < 1.29 is 13.9 Å². The molecule has 37 heavy (non-hydrogen) atoms. The van der Waals surface area contributed by atoms with E-state index in [-0.39, 0.29) is 28.8 Å². The molecular formula is C28H32F2N6O. The van der Waals surface area contributed by atoms with E-state index >= 15 is 0 Å². The molecule has 0 radical (unpaired) electrons. The predicted molar refractivity (Wildman–Crippen MR) is 139 cm³/mol. The number of nitrogens with one attached hydrogen (secondary N) is 1. The van der Waals surface area contributed by atoms with Gasteiger partial charge in [0.05, 0.1) is 40.5 Å². The van der Waals surface area contributed by atoms with Crippen LogP contribution in [-0.4, -0.2) is 30.7 Å². The van der Waals surface area contributed by atoms with Crippen LogP contribution in [0.25, 0.3) is 16.8 Å². The van der Waals surface area contributed by atoms with Crippen molar-refractivity contribution in [3.63, 3.8) is 0 Å². The third-order valence-corrected chi connectivity index (χ3v) is 7.72. The molecule has 0 bridgehead atoms. The van der Waals surface area contributed by atoms with Crippen molar-refractivity contribution in [3.05, 3.63) is 71.7 Å². The Hall–Kier alpha value is -3.43. The van der Waals surface area contributed by atoms with Crippen LogP contribution in [-0.2, 0) is 5.60 Å². The Labute approximate surface area is 214 Å². The lowest BCUT2D eigenvalue weighted by Gasteiger charge is -2.37. The van der Waals surface area contributed by atoms with Gasteiger partial charge in [-0.25, -0.2) is 13.8 Å². The molecule has 0 spiro atoms. The van der Waals surface area contributed by atoms with Gasteiger partial charge in [-0.05, 0) is 85.9 Å². The number of benzene rings is 1. The van der Waals surface area contributed by atoms with Crippen molar-refractivity contribution in [3.8, 4) is 11.3 Å². The van der Waals surface area contributed by atoms with Crippen LogP contribution in [0, 0.1) is 23.5 Å². The number of imidazole rings is 1. The summed E-state index contributed by atoms with van der Waals surface area (Å²) in [6, 6.07) is 7.65. The van der Waals surface area contributed by atoms with Crippen LogP contribution in [0.3, 0.4) is 0 Å². The second-order valence-electron chi connectivity index (χ2n) is 10.8. The summed E-state index contributed by atoms with van der Waals surface area (Å²) in [6.45, 7) is 7.40. The molecule has 1 fully saturated rings. The zero-order valence-corrected chi connectivity index (χ0v) is 21.4. The van der Waals surface area contributed by atoms with Crippen LogP contribution < -0.4 is 11.1 Å². The number of rotatable bonds is 5. The molecule has 1 aliphatic carbocycles. The Balaban J connectivity index is 1.50. The highest BCUT2D eigenvalue weighted by molar-refractivity contribution is 5.66. The van der Waals surface area contributed by atoms with Crippen molar-refractivity contribution in [2.45, 2.75) is 58.1 Å². The number of nitrogens with two attached hydrogens (primary N) is 1. The van der Waals surface area contributed by atoms with Gasteiger partial charge in [-0.3, -0.25) is 4.98 Å². The van der Waals surface area contributed by atoms with E-state index in [9.17, 15) is 13.9 Å². The summed E-state index contributed by atoms with van der Waals surface area (Å²) in [4.78, 5) is 8.76. The molecule has 7 nitrogen and oxygen atoms in total. The standard InChI is InChI=1S/C28H32F2N6O/c1-15-9-17(10-23(31)16(15)2)20-7-8-32-14-25(20)34-27-33-13-19-5-6-24(35-36(19)27)26-21(29)11-18(12-22(26)30)28(3,4)37/h5-8,11-17,23,37H,9-10,31H2,1-4H3,(H,33,34). The van der Waals surface area contributed by atoms with E-state index in [0.717, 1.165) is 36.2 Å². The molecular weight excluding hydrogens is 474 g/mol. The number of hydrogen-bond acceptors (Lipinski definition) is 6. The van der Waals surface area contributed by atoms with Gasteiger partial charge >= 0.3 is 0 Å². The van der Waals surface area contributed by atoms with Gasteiger partial charge < -0.3 is 16.2 Å². The molecule has 1 aliphatic rings. The highest BCUT2D eigenvalue weighted by atomic mass is 19.1. The topological polar surface area (TPSA) is 101 Å². The predicted octanol–water partition coefficient (Wildman–Crippen LogP) is 5.52. The summed E-state index contributed by atoms with van der Waals surface area (Å²) in [7, 11) is 0. The lowest BCUT2D eigenvalue weighted by molar-refractivity contribution is 0.0779. The van der Waals surface area contributed by atoms with E-state index < -0.39 is 17.2 Å². The van der Waals surface area contributed by atoms with Crippen molar-refractivity contribution in [1.82, 2.24) is 19.6 Å². The highest BCUT2D eigenvalue weighted by Gasteiger charge is 2.32. The van der Waals surface area contributed by atoms with E-state index in [2.05, 4.69) is 34.2 Å². The smallest absolute Gasteiger partial charge is 0.229 e. The quantitative estimate of drug-likeness (QED) is 0.330. The average Bonchev–Trinajstić information content (AvgIpc) is 3.23. The summed E-state index contributed by atoms with van der Waals surface area (Å²) in [5.74, 6) is 0.0428. The molecule has 4 unspecified atom stereocenters. The summed E-state index contributed by atoms with van der Waals surface area (Å²) in [5.41, 5.74) is 7.63. The van der Waals surface area contributed by atoms with Gasteiger partial charge in [0, 0.05) is 12.2 Å². The fraction of sp³-hybridized carbons (Fsp3) is 0.393. The fourth-order valence-corrected chi connectivity index (χ4v) is 5.24. The Bertz CT molecular complexity index is 1410. The number of nitrogens with zero attached hydrogens (tertiary/aromatic N) is 4. The molecule has 3 heterocycles. The SMILES string of the molecule is CC1CC(c2ccncc2Nc2ncc3ccc(-c4c(F)cc(C(C)(C)O)cc4F)nn23)CC(N)C1C. The van der Waals surface area contributed by atoms with E-state index in [1.165, 1.54) is 18.4 Å². The molecule has 4 atom stereocenters. The Morgan fingerprint density at radius 3 is 2.49 bits per heavy atom. The molecule has 4 N–H and O–H groups in total. The largest absolute Gasteiger partial charge is 0.386 e. The Kier molecular flexibility index (Phi) is 6.45. The third kappa shape index (κ3) is 4.81. The average molecular weight is 507 g/mol. The van der Waals surface area contributed by atoms with Crippen LogP contribution >= 0.6 is 0 Å². The maximum Gasteiger partial charge on any atom is 0.229 e. The van der Waals surface area contributed by atoms with Crippen LogP contribution in [0.4, 0.5) is 20.4 Å². The van der Waals surface area contributed by atoms with Crippen LogP contribution in [0.1, 0.15) is 57.6 Å². The number of hydrogen-bond donors (Lipinski definition) is 3. The van der Waals surface area contributed by atoms with Crippen molar-refractivity contribution in [2.24, 2.45) is 17.6 Å². The first-order chi connectivity index (χ1) is 17.5. The van der Waals surface area contributed by atoms with Gasteiger partial charge in [-0.1, -0.05) is 13.8 Å². The van der Waals surface area contributed by atoms with E-state index in [4.69, 9.17) is 5.73 Å². The zero-order valence-electron chi connectivity index (χ0n) is 21.4. The minimum absolute atomic E-state index is 0.110. The summed E-state index contributed by atoms with van der Waals surface area (Å²) in [6.07, 6.45) is 7.08. The molecule has 0 saturated heterocycles. The monoisotopic (exact) mass is 506 g/mol. The van der Waals surface area contributed by atoms with Crippen molar-refractivity contribution in [1.29, 1.82) is 0 Å². The lowest BCUT2D eigenvalue weighted by Crippen LogP contribution is -2.39. The minimum atomic E-state index is -1.38. The number of anilines is 2. The number of pyridine rings is 1. The second kappa shape index (κ2) is 9.46. The first kappa shape index (κ1) is 25.2. The molecule has 0 amide bonds. The van der Waals surface area contributed by atoms with Crippen LogP contribution in [0.2, 0.25) is 0 Å². The molecule has 194 valence electrons. The molecule has 1 saturated carbocycles. The third-order valence-electron chi connectivity index (χ3n) is 7.72. The number of aromatic nitrogens is 4. The minimum Gasteiger partial charge on any atom is -0.386 e. The number of halogens is 2. The second-order valence-corrected chi connectivity index (χ2v) is 10.8. The molecule has 0 aliphatic heterocycles. The first-order valence-corrected chi connectivity index (χ1v) is 12.6. The summed E-state index contributed by atoms with van der Waals surface area (Å²) in [5, 5.41) is 18.0. The maximum absolute atomic E-state index is 15.0. The van der Waals surface area contributed by atoms with Gasteiger partial charge in [-0.2, -0.15) is 9.61 Å². The summed E-state index contributed by atoms with van der Waals surface area (Å²) >= 11 is 0. The van der Waals surface area contributed by atoms with Crippen LogP contribution in [0.15, 0.2) is 48.9 Å². The molecule has 5 rings (SSSR count).